The minimum Gasteiger partial charge on any atom is -0.369 e. The summed E-state index contributed by atoms with van der Waals surface area (Å²) in [5, 5.41) is 0. The van der Waals surface area contributed by atoms with Crippen LogP contribution in [0.4, 0.5) is 0 Å². The molecule has 0 fully saturated rings. The van der Waals surface area contributed by atoms with E-state index in [1.165, 1.54) is 7.05 Å². The predicted molar refractivity (Wildman–Crippen MR) is 46.3 cm³/mol. The van der Waals surface area contributed by atoms with Crippen molar-refractivity contribution < 1.29 is 13.2 Å². The van der Waals surface area contributed by atoms with Crippen molar-refractivity contribution in [2.24, 2.45) is 5.73 Å². The summed E-state index contributed by atoms with van der Waals surface area (Å²) in [7, 11) is -2.12. The SMILES string of the molecule is CN(CC(N)=O)S(=O)(=O)CCCl. The Hall–Kier alpha value is -0.330. The van der Waals surface area contributed by atoms with E-state index < -0.39 is 15.9 Å². The molecule has 0 spiro atoms. The van der Waals surface area contributed by atoms with Crippen molar-refractivity contribution in [2.45, 2.75) is 0 Å². The van der Waals surface area contributed by atoms with Crippen LogP contribution in [-0.2, 0) is 14.8 Å². The molecule has 0 aliphatic carbocycles. The van der Waals surface area contributed by atoms with Gasteiger partial charge in [-0.2, -0.15) is 4.31 Å². The second-order valence-corrected chi connectivity index (χ2v) is 4.80. The molecule has 0 rings (SSSR count). The van der Waals surface area contributed by atoms with E-state index in [1.54, 1.807) is 0 Å². The first-order chi connectivity index (χ1) is 5.40. The molecule has 0 aromatic rings. The molecule has 0 aromatic heterocycles. The van der Waals surface area contributed by atoms with Crippen LogP contribution >= 0.6 is 11.6 Å². The number of carbonyl (C=O) groups excluding carboxylic acids is 1. The molecule has 12 heavy (non-hydrogen) atoms. The van der Waals surface area contributed by atoms with E-state index in [2.05, 4.69) is 0 Å². The summed E-state index contributed by atoms with van der Waals surface area (Å²) in [6, 6.07) is 0. The molecule has 0 saturated heterocycles. The maximum absolute atomic E-state index is 11.1. The first-order valence-electron chi connectivity index (χ1n) is 3.18. The molecule has 1 amide bonds. The number of hydrogen-bond donors (Lipinski definition) is 1. The molecule has 0 unspecified atom stereocenters. The summed E-state index contributed by atoms with van der Waals surface area (Å²) in [5.41, 5.74) is 4.81. The van der Waals surface area contributed by atoms with Crippen molar-refractivity contribution in [1.29, 1.82) is 0 Å². The molecule has 0 atom stereocenters. The minimum atomic E-state index is -3.40. The molecule has 2 N–H and O–H groups in total. The number of hydrogen-bond acceptors (Lipinski definition) is 3. The number of primary amides is 1. The highest BCUT2D eigenvalue weighted by Crippen LogP contribution is 1.97. The standard InChI is InChI=1S/C5H11ClN2O3S/c1-8(4-5(7)9)12(10,11)3-2-6/h2-4H2,1H3,(H2,7,9). The Morgan fingerprint density at radius 3 is 2.42 bits per heavy atom. The van der Waals surface area contributed by atoms with Crippen LogP contribution in [0.15, 0.2) is 0 Å². The summed E-state index contributed by atoms with van der Waals surface area (Å²) in [4.78, 5) is 10.3. The quantitative estimate of drug-likeness (QED) is 0.595. The van der Waals surface area contributed by atoms with Crippen LogP contribution in [0, 0.1) is 0 Å². The number of likely N-dealkylation sites (N-methyl/N-ethyl adjacent to an activating group) is 1. The lowest BCUT2D eigenvalue weighted by atomic mass is 10.6. The Bertz CT molecular complexity index is 251. The van der Waals surface area contributed by atoms with Crippen molar-refractivity contribution in [3.05, 3.63) is 0 Å². The van der Waals surface area contributed by atoms with E-state index in [4.69, 9.17) is 17.3 Å². The summed E-state index contributed by atoms with van der Waals surface area (Å²) in [6.07, 6.45) is 0. The third kappa shape index (κ3) is 3.89. The summed E-state index contributed by atoms with van der Waals surface area (Å²) >= 11 is 5.24. The monoisotopic (exact) mass is 214 g/mol. The zero-order chi connectivity index (χ0) is 9.78. The predicted octanol–water partition coefficient (Wildman–Crippen LogP) is -1.03. The first-order valence-corrected chi connectivity index (χ1v) is 5.33. The van der Waals surface area contributed by atoms with Crippen LogP contribution < -0.4 is 5.73 Å². The van der Waals surface area contributed by atoms with E-state index in [9.17, 15) is 13.2 Å². The van der Waals surface area contributed by atoms with Crippen molar-refractivity contribution in [3.63, 3.8) is 0 Å². The normalized spacial score (nSPS) is 11.9. The van der Waals surface area contributed by atoms with Gasteiger partial charge in [-0.15, -0.1) is 11.6 Å². The lowest BCUT2D eigenvalue weighted by Crippen LogP contribution is -2.37. The number of carbonyl (C=O) groups is 1. The van der Waals surface area contributed by atoms with Crippen LogP contribution in [0.2, 0.25) is 0 Å². The van der Waals surface area contributed by atoms with Gasteiger partial charge in [0.05, 0.1) is 12.3 Å². The summed E-state index contributed by atoms with van der Waals surface area (Å²) in [6.45, 7) is -0.306. The highest BCUT2D eigenvalue weighted by Gasteiger charge is 2.18. The van der Waals surface area contributed by atoms with Crippen molar-refractivity contribution in [1.82, 2.24) is 4.31 Å². The van der Waals surface area contributed by atoms with Crippen LogP contribution in [0.3, 0.4) is 0 Å². The second-order valence-electron chi connectivity index (χ2n) is 2.23. The van der Waals surface area contributed by atoms with Crippen molar-refractivity contribution in [2.75, 3.05) is 25.2 Å². The van der Waals surface area contributed by atoms with Gasteiger partial charge in [0.25, 0.3) is 0 Å². The lowest BCUT2D eigenvalue weighted by Gasteiger charge is -2.13. The van der Waals surface area contributed by atoms with Crippen LogP contribution in [0.25, 0.3) is 0 Å². The Morgan fingerprint density at radius 2 is 2.08 bits per heavy atom. The number of sulfonamides is 1. The number of alkyl halides is 1. The van der Waals surface area contributed by atoms with Gasteiger partial charge < -0.3 is 5.73 Å². The van der Waals surface area contributed by atoms with Gasteiger partial charge >= 0.3 is 0 Å². The second kappa shape index (κ2) is 4.64. The molecule has 0 saturated carbocycles. The molecule has 5 nitrogen and oxygen atoms in total. The van der Waals surface area contributed by atoms with E-state index in [-0.39, 0.29) is 18.2 Å². The molecule has 0 radical (unpaired) electrons. The zero-order valence-corrected chi connectivity index (χ0v) is 8.23. The fourth-order valence-corrected chi connectivity index (χ4v) is 1.99. The smallest absolute Gasteiger partial charge is 0.232 e. The molecule has 7 heteroatoms. The molecule has 0 aromatic carbocycles. The average molecular weight is 215 g/mol. The van der Waals surface area contributed by atoms with Gasteiger partial charge in [0.1, 0.15) is 0 Å². The summed E-state index contributed by atoms with van der Waals surface area (Å²) in [5.74, 6) is -0.861. The molecule has 0 bridgehead atoms. The number of nitrogens with two attached hydrogens (primary N) is 1. The topological polar surface area (TPSA) is 80.5 Å². The van der Waals surface area contributed by atoms with Crippen LogP contribution in [0.1, 0.15) is 0 Å². The summed E-state index contributed by atoms with van der Waals surface area (Å²) < 4.78 is 23.1. The minimum absolute atomic E-state index is 0.00539. The Balaban J connectivity index is 4.26. The average Bonchev–Trinajstić information content (AvgIpc) is 1.85. The van der Waals surface area contributed by atoms with Crippen molar-refractivity contribution in [3.8, 4) is 0 Å². The maximum Gasteiger partial charge on any atom is 0.232 e. The molecular formula is C5H11ClN2O3S. The molecule has 72 valence electrons. The van der Waals surface area contributed by atoms with E-state index in [0.717, 1.165) is 4.31 Å². The van der Waals surface area contributed by atoms with Gasteiger partial charge in [-0.3, -0.25) is 4.79 Å². The third-order valence-corrected chi connectivity index (χ3v) is 3.40. The number of halogens is 1. The van der Waals surface area contributed by atoms with E-state index >= 15 is 0 Å². The number of amides is 1. The third-order valence-electron chi connectivity index (χ3n) is 1.19. The van der Waals surface area contributed by atoms with Crippen LogP contribution in [0.5, 0.6) is 0 Å². The van der Waals surface area contributed by atoms with E-state index in [1.807, 2.05) is 0 Å². The van der Waals surface area contributed by atoms with E-state index in [0.29, 0.717) is 0 Å². The molecule has 0 heterocycles. The molecule has 0 aliphatic rings. The van der Waals surface area contributed by atoms with Crippen molar-refractivity contribution >= 4 is 27.5 Å². The van der Waals surface area contributed by atoms with Gasteiger partial charge in [-0.05, 0) is 0 Å². The van der Waals surface area contributed by atoms with Gasteiger partial charge in [0, 0.05) is 12.9 Å². The van der Waals surface area contributed by atoms with Gasteiger partial charge in [-0.25, -0.2) is 8.42 Å². The largest absolute Gasteiger partial charge is 0.369 e. The Morgan fingerprint density at radius 1 is 1.58 bits per heavy atom. The Kier molecular flexibility index (Phi) is 4.51. The highest BCUT2D eigenvalue weighted by atomic mass is 35.5. The maximum atomic E-state index is 11.1. The highest BCUT2D eigenvalue weighted by molar-refractivity contribution is 7.89. The number of nitrogens with zero attached hydrogens (tertiary/aromatic N) is 1. The molecular weight excluding hydrogens is 204 g/mol. The van der Waals surface area contributed by atoms with Gasteiger partial charge in [-0.1, -0.05) is 0 Å². The van der Waals surface area contributed by atoms with Gasteiger partial charge in [0.2, 0.25) is 15.9 Å². The molecule has 0 aliphatic heterocycles. The first kappa shape index (κ1) is 11.7. The fraction of sp³-hybridized carbons (Fsp3) is 0.800. The fourth-order valence-electron chi connectivity index (χ4n) is 0.571. The Labute approximate surface area is 76.5 Å². The van der Waals surface area contributed by atoms with Crippen LogP contribution in [-0.4, -0.2) is 43.9 Å². The zero-order valence-electron chi connectivity index (χ0n) is 6.66. The lowest BCUT2D eigenvalue weighted by molar-refractivity contribution is -0.118. The van der Waals surface area contributed by atoms with Gasteiger partial charge in [0.15, 0.2) is 0 Å². The number of rotatable bonds is 5.